The standard InChI is InChI=1S/C19H28N2O2/c1-14-5-7-15(8-6-14)18(23)20-16-9-11-21(12-10-16)17(22)13-19(2,3)4/h5-8,16H,9-13H2,1-4H3,(H,20,23). The number of piperidine rings is 1. The molecule has 4 heteroatoms. The molecule has 1 aromatic rings. The van der Waals surface area contributed by atoms with Crippen LogP contribution in [0.15, 0.2) is 24.3 Å². The number of hydrogen-bond acceptors (Lipinski definition) is 2. The maximum absolute atomic E-state index is 12.2. The first-order valence-electron chi connectivity index (χ1n) is 8.40. The minimum atomic E-state index is -0.0236. The van der Waals surface area contributed by atoms with Gasteiger partial charge in [-0.2, -0.15) is 0 Å². The van der Waals surface area contributed by atoms with Gasteiger partial charge in [0, 0.05) is 31.1 Å². The van der Waals surface area contributed by atoms with Crippen molar-refractivity contribution >= 4 is 11.8 Å². The van der Waals surface area contributed by atoms with Crippen LogP contribution in [-0.4, -0.2) is 35.8 Å². The van der Waals surface area contributed by atoms with Crippen molar-refractivity contribution in [3.05, 3.63) is 35.4 Å². The second kappa shape index (κ2) is 7.16. The number of rotatable bonds is 3. The zero-order chi connectivity index (χ0) is 17.0. The van der Waals surface area contributed by atoms with Gasteiger partial charge in [-0.1, -0.05) is 38.5 Å². The average molecular weight is 316 g/mol. The Morgan fingerprint density at radius 1 is 1.13 bits per heavy atom. The third kappa shape index (κ3) is 5.38. The number of nitrogens with zero attached hydrogens (tertiary/aromatic N) is 1. The van der Waals surface area contributed by atoms with Crippen LogP contribution in [0, 0.1) is 12.3 Å². The molecule has 1 heterocycles. The predicted octanol–water partition coefficient (Wildman–Crippen LogP) is 3.15. The molecular weight excluding hydrogens is 288 g/mol. The molecule has 0 bridgehead atoms. The van der Waals surface area contributed by atoms with E-state index in [1.807, 2.05) is 36.1 Å². The third-order valence-electron chi connectivity index (χ3n) is 4.18. The van der Waals surface area contributed by atoms with Gasteiger partial charge in [0.15, 0.2) is 0 Å². The molecule has 1 aliphatic heterocycles. The van der Waals surface area contributed by atoms with Gasteiger partial charge in [-0.25, -0.2) is 0 Å². The number of likely N-dealkylation sites (tertiary alicyclic amines) is 1. The summed E-state index contributed by atoms with van der Waals surface area (Å²) in [5.41, 5.74) is 1.86. The molecular formula is C19H28N2O2. The molecule has 1 saturated heterocycles. The lowest BCUT2D eigenvalue weighted by Gasteiger charge is -2.34. The maximum atomic E-state index is 12.2. The monoisotopic (exact) mass is 316 g/mol. The number of nitrogens with one attached hydrogen (secondary N) is 1. The highest BCUT2D eigenvalue weighted by Crippen LogP contribution is 2.21. The lowest BCUT2D eigenvalue weighted by atomic mass is 9.91. The van der Waals surface area contributed by atoms with Crippen LogP contribution < -0.4 is 5.32 Å². The summed E-state index contributed by atoms with van der Waals surface area (Å²) in [7, 11) is 0. The van der Waals surface area contributed by atoms with Crippen molar-refractivity contribution in [1.82, 2.24) is 10.2 Å². The first kappa shape index (κ1) is 17.5. The Morgan fingerprint density at radius 2 is 1.70 bits per heavy atom. The second-order valence-corrected chi connectivity index (χ2v) is 7.73. The number of hydrogen-bond donors (Lipinski definition) is 1. The summed E-state index contributed by atoms with van der Waals surface area (Å²) in [6, 6.07) is 7.76. The summed E-state index contributed by atoms with van der Waals surface area (Å²) in [5.74, 6) is 0.199. The largest absolute Gasteiger partial charge is 0.349 e. The van der Waals surface area contributed by atoms with E-state index in [9.17, 15) is 9.59 Å². The van der Waals surface area contributed by atoms with Gasteiger partial charge in [-0.3, -0.25) is 9.59 Å². The maximum Gasteiger partial charge on any atom is 0.251 e. The van der Waals surface area contributed by atoms with Crippen LogP contribution >= 0.6 is 0 Å². The fraction of sp³-hybridized carbons (Fsp3) is 0.579. The highest BCUT2D eigenvalue weighted by atomic mass is 16.2. The molecule has 0 spiro atoms. The van der Waals surface area contributed by atoms with Gasteiger partial charge in [-0.05, 0) is 37.3 Å². The Bertz CT molecular complexity index is 550. The smallest absolute Gasteiger partial charge is 0.251 e. The molecule has 4 nitrogen and oxygen atoms in total. The van der Waals surface area contributed by atoms with Gasteiger partial charge < -0.3 is 10.2 Å². The van der Waals surface area contributed by atoms with E-state index < -0.39 is 0 Å². The number of aryl methyl sites for hydroxylation is 1. The highest BCUT2D eigenvalue weighted by molar-refractivity contribution is 5.94. The molecule has 1 N–H and O–H groups in total. The normalized spacial score (nSPS) is 16.3. The summed E-state index contributed by atoms with van der Waals surface area (Å²) in [6.07, 6.45) is 2.23. The highest BCUT2D eigenvalue weighted by Gasteiger charge is 2.26. The van der Waals surface area contributed by atoms with Crippen LogP contribution in [0.25, 0.3) is 0 Å². The van der Waals surface area contributed by atoms with Crippen LogP contribution in [0.5, 0.6) is 0 Å². The average Bonchev–Trinajstić information content (AvgIpc) is 2.46. The summed E-state index contributed by atoms with van der Waals surface area (Å²) in [4.78, 5) is 26.4. The summed E-state index contributed by atoms with van der Waals surface area (Å²) < 4.78 is 0. The van der Waals surface area contributed by atoms with E-state index in [1.165, 1.54) is 0 Å². The van der Waals surface area contributed by atoms with Crippen LogP contribution in [0.4, 0.5) is 0 Å². The molecule has 0 radical (unpaired) electrons. The van der Waals surface area contributed by atoms with E-state index in [-0.39, 0.29) is 23.3 Å². The molecule has 1 aliphatic rings. The lowest BCUT2D eigenvalue weighted by Crippen LogP contribution is -2.47. The van der Waals surface area contributed by atoms with Crippen LogP contribution in [0.1, 0.15) is 56.0 Å². The van der Waals surface area contributed by atoms with Crippen molar-refractivity contribution in [2.75, 3.05) is 13.1 Å². The number of benzene rings is 1. The Balaban J connectivity index is 1.81. The fourth-order valence-corrected chi connectivity index (χ4v) is 2.81. The van der Waals surface area contributed by atoms with Crippen molar-refractivity contribution in [2.45, 2.75) is 53.0 Å². The van der Waals surface area contributed by atoms with Crippen molar-refractivity contribution < 1.29 is 9.59 Å². The molecule has 2 rings (SSSR count). The first-order valence-corrected chi connectivity index (χ1v) is 8.40. The molecule has 23 heavy (non-hydrogen) atoms. The lowest BCUT2D eigenvalue weighted by molar-refractivity contribution is -0.134. The summed E-state index contributed by atoms with van der Waals surface area (Å²) in [6.45, 7) is 9.71. The summed E-state index contributed by atoms with van der Waals surface area (Å²) in [5, 5.41) is 3.09. The zero-order valence-electron chi connectivity index (χ0n) is 14.7. The number of carbonyl (C=O) groups excluding carboxylic acids is 2. The third-order valence-corrected chi connectivity index (χ3v) is 4.18. The van der Waals surface area contributed by atoms with Gasteiger partial charge in [0.2, 0.25) is 5.91 Å². The molecule has 0 aromatic heterocycles. The second-order valence-electron chi connectivity index (χ2n) is 7.73. The molecule has 2 amide bonds. The van der Waals surface area contributed by atoms with E-state index in [0.717, 1.165) is 31.5 Å². The minimum absolute atomic E-state index is 0.0214. The predicted molar refractivity (Wildman–Crippen MR) is 92.3 cm³/mol. The van der Waals surface area contributed by atoms with Gasteiger partial charge in [0.05, 0.1) is 0 Å². The molecule has 0 aliphatic carbocycles. The van der Waals surface area contributed by atoms with Gasteiger partial charge >= 0.3 is 0 Å². The van der Waals surface area contributed by atoms with E-state index in [4.69, 9.17) is 0 Å². The quantitative estimate of drug-likeness (QED) is 0.931. The van der Waals surface area contributed by atoms with E-state index in [0.29, 0.717) is 12.0 Å². The Kier molecular flexibility index (Phi) is 5.45. The Hall–Kier alpha value is -1.84. The van der Waals surface area contributed by atoms with Crippen molar-refractivity contribution in [3.63, 3.8) is 0 Å². The zero-order valence-corrected chi connectivity index (χ0v) is 14.7. The SMILES string of the molecule is Cc1ccc(C(=O)NC2CCN(C(=O)CC(C)(C)C)CC2)cc1. The van der Waals surface area contributed by atoms with E-state index in [2.05, 4.69) is 26.1 Å². The molecule has 0 unspecified atom stereocenters. The minimum Gasteiger partial charge on any atom is -0.349 e. The Morgan fingerprint density at radius 3 is 2.22 bits per heavy atom. The van der Waals surface area contributed by atoms with E-state index in [1.54, 1.807) is 0 Å². The van der Waals surface area contributed by atoms with Gasteiger partial charge in [-0.15, -0.1) is 0 Å². The molecule has 0 saturated carbocycles. The first-order chi connectivity index (χ1) is 10.7. The van der Waals surface area contributed by atoms with Gasteiger partial charge in [0.1, 0.15) is 0 Å². The molecule has 1 fully saturated rings. The van der Waals surface area contributed by atoms with Crippen LogP contribution in [-0.2, 0) is 4.79 Å². The topological polar surface area (TPSA) is 49.4 Å². The fourth-order valence-electron chi connectivity index (χ4n) is 2.81. The van der Waals surface area contributed by atoms with Gasteiger partial charge in [0.25, 0.3) is 5.91 Å². The molecule has 126 valence electrons. The van der Waals surface area contributed by atoms with E-state index >= 15 is 0 Å². The van der Waals surface area contributed by atoms with Crippen molar-refractivity contribution in [1.29, 1.82) is 0 Å². The van der Waals surface area contributed by atoms with Crippen LogP contribution in [0.2, 0.25) is 0 Å². The molecule has 1 aromatic carbocycles. The number of amides is 2. The molecule has 0 atom stereocenters. The Labute approximate surface area is 139 Å². The summed E-state index contributed by atoms with van der Waals surface area (Å²) >= 11 is 0. The number of carbonyl (C=O) groups is 2. The van der Waals surface area contributed by atoms with Crippen molar-refractivity contribution in [3.8, 4) is 0 Å². The van der Waals surface area contributed by atoms with Crippen LogP contribution in [0.3, 0.4) is 0 Å². The van der Waals surface area contributed by atoms with Crippen molar-refractivity contribution in [2.24, 2.45) is 5.41 Å².